The molecule has 0 aliphatic heterocycles. The molecule has 1 amide bonds. The largest absolute Gasteiger partial charge is 0.465 e. The third-order valence-corrected chi connectivity index (χ3v) is 5.48. The minimum Gasteiger partial charge on any atom is -0.465 e. The maximum atomic E-state index is 14.8. The predicted octanol–water partition coefficient (Wildman–Crippen LogP) is 7.74. The highest BCUT2D eigenvalue weighted by molar-refractivity contribution is 6.34. The molecule has 11 heteroatoms. The molecule has 0 bridgehead atoms. The molecule has 0 saturated heterocycles. The van der Waals surface area contributed by atoms with E-state index < -0.39 is 51.8 Å². The molecule has 3 N–H and O–H groups in total. The van der Waals surface area contributed by atoms with Crippen LogP contribution < -0.4 is 5.32 Å². The maximum Gasteiger partial charge on any atom is 0.417 e. The molecule has 0 saturated carbocycles. The number of anilines is 1. The van der Waals surface area contributed by atoms with E-state index in [1.54, 1.807) is 0 Å². The van der Waals surface area contributed by atoms with Gasteiger partial charge in [0.25, 0.3) is 5.91 Å². The van der Waals surface area contributed by atoms with Gasteiger partial charge in [0, 0.05) is 16.7 Å². The van der Waals surface area contributed by atoms with Crippen LogP contribution in [0.15, 0.2) is 54.6 Å². The SMILES string of the molecule is CC.CC.COC(=O)c1ccc(C(=N)c2ccc(C#CC(C)O)cc2NC(=O)c2c(Cl)cccc2C(F)(F)F)c(F)c1. The van der Waals surface area contributed by atoms with Gasteiger partial charge in [0.1, 0.15) is 11.9 Å². The average molecular weight is 607 g/mol. The Morgan fingerprint density at radius 3 is 2.19 bits per heavy atom. The van der Waals surface area contributed by atoms with Gasteiger partial charge in [-0.15, -0.1) is 0 Å². The Morgan fingerprint density at radius 1 is 1.02 bits per heavy atom. The molecule has 0 radical (unpaired) electrons. The summed E-state index contributed by atoms with van der Waals surface area (Å²) in [6, 6.07) is 10.1. The second-order valence-electron chi connectivity index (χ2n) is 7.88. The number of hydrogen-bond donors (Lipinski definition) is 3. The molecule has 1 atom stereocenters. The zero-order valence-corrected chi connectivity index (χ0v) is 24.6. The Labute approximate surface area is 247 Å². The number of methoxy groups -OCH3 is 1. The summed E-state index contributed by atoms with van der Waals surface area (Å²) in [5.41, 5.74) is -2.90. The number of aliphatic hydroxyl groups excluding tert-OH is 1. The van der Waals surface area contributed by atoms with Crippen molar-refractivity contribution in [2.24, 2.45) is 0 Å². The first-order chi connectivity index (χ1) is 19.8. The molecule has 0 aliphatic rings. The molecule has 0 heterocycles. The lowest BCUT2D eigenvalue weighted by atomic mass is 9.97. The number of ether oxygens (including phenoxy) is 1. The normalized spacial score (nSPS) is 10.9. The highest BCUT2D eigenvalue weighted by Gasteiger charge is 2.36. The molecule has 3 rings (SSSR count). The van der Waals surface area contributed by atoms with Gasteiger partial charge >= 0.3 is 12.1 Å². The fraction of sp³-hybridized carbons (Fsp3) is 0.258. The molecular weight excluding hydrogens is 576 g/mol. The summed E-state index contributed by atoms with van der Waals surface area (Å²) in [6.07, 6.45) is -5.88. The van der Waals surface area contributed by atoms with Gasteiger partial charge in [-0.25, -0.2) is 9.18 Å². The minimum atomic E-state index is -4.89. The fourth-order valence-electron chi connectivity index (χ4n) is 3.41. The van der Waals surface area contributed by atoms with Crippen LogP contribution in [-0.2, 0) is 10.9 Å². The number of benzene rings is 3. The molecule has 42 heavy (non-hydrogen) atoms. The molecule has 0 fully saturated rings. The summed E-state index contributed by atoms with van der Waals surface area (Å²) in [5, 5.41) is 19.9. The van der Waals surface area contributed by atoms with Crippen molar-refractivity contribution >= 4 is 34.9 Å². The van der Waals surface area contributed by atoms with E-state index in [-0.39, 0.29) is 27.9 Å². The van der Waals surface area contributed by atoms with Gasteiger partial charge in [-0.05, 0) is 55.5 Å². The smallest absolute Gasteiger partial charge is 0.417 e. The quantitative estimate of drug-likeness (QED) is 0.120. The Morgan fingerprint density at radius 2 is 1.64 bits per heavy atom. The van der Waals surface area contributed by atoms with E-state index in [2.05, 4.69) is 21.9 Å². The van der Waals surface area contributed by atoms with Gasteiger partial charge in [-0.2, -0.15) is 13.2 Å². The van der Waals surface area contributed by atoms with Crippen LogP contribution in [0.2, 0.25) is 5.02 Å². The molecule has 224 valence electrons. The third-order valence-electron chi connectivity index (χ3n) is 5.17. The van der Waals surface area contributed by atoms with Crippen LogP contribution in [0.3, 0.4) is 0 Å². The zero-order valence-electron chi connectivity index (χ0n) is 23.8. The molecule has 0 aliphatic carbocycles. The van der Waals surface area contributed by atoms with Crippen molar-refractivity contribution in [1.82, 2.24) is 0 Å². The van der Waals surface area contributed by atoms with Crippen molar-refractivity contribution in [2.75, 3.05) is 12.4 Å². The number of esters is 1. The van der Waals surface area contributed by atoms with Gasteiger partial charge < -0.3 is 15.2 Å². The summed E-state index contributed by atoms with van der Waals surface area (Å²) in [6.45, 7) is 9.41. The first kappa shape index (κ1) is 35.8. The number of aliphatic hydroxyl groups is 1. The van der Waals surface area contributed by atoms with E-state index >= 15 is 0 Å². The standard InChI is InChI=1S/C27H19ClF4N2O4.2C2H6/c1-14(35)6-7-15-8-10-18(24(33)17-11-9-16(13-21(17)29)26(37)38-2)22(12-15)34-25(36)23-19(27(30,31)32)4-3-5-20(23)28;2*1-2/h3-5,8-14,33,35H,1-2H3,(H,34,36);2*1-2H3. The molecule has 0 spiro atoms. The molecule has 6 nitrogen and oxygen atoms in total. The average Bonchev–Trinajstić information content (AvgIpc) is 2.96. The molecular formula is C31H31ClF4N2O4. The minimum absolute atomic E-state index is 0.0636. The summed E-state index contributed by atoms with van der Waals surface area (Å²) in [7, 11) is 1.12. The number of carbonyl (C=O) groups is 2. The predicted molar refractivity (Wildman–Crippen MR) is 156 cm³/mol. The number of carbonyl (C=O) groups excluding carboxylic acids is 2. The van der Waals surface area contributed by atoms with Crippen LogP contribution in [0.1, 0.15) is 77.6 Å². The van der Waals surface area contributed by atoms with Crippen molar-refractivity contribution in [3.63, 3.8) is 0 Å². The Balaban J connectivity index is 0.00000211. The summed E-state index contributed by atoms with van der Waals surface area (Å²) in [4.78, 5) is 24.7. The van der Waals surface area contributed by atoms with Crippen LogP contribution in [0.4, 0.5) is 23.2 Å². The van der Waals surface area contributed by atoms with E-state index in [4.69, 9.17) is 17.0 Å². The molecule has 0 aromatic heterocycles. The van der Waals surface area contributed by atoms with E-state index in [1.165, 1.54) is 31.2 Å². The number of halogens is 5. The van der Waals surface area contributed by atoms with Crippen LogP contribution in [0.5, 0.6) is 0 Å². The van der Waals surface area contributed by atoms with Gasteiger partial charge in [0.2, 0.25) is 0 Å². The number of nitrogens with one attached hydrogen (secondary N) is 2. The number of rotatable bonds is 5. The van der Waals surface area contributed by atoms with E-state index in [0.717, 1.165) is 31.4 Å². The van der Waals surface area contributed by atoms with Crippen molar-refractivity contribution in [2.45, 2.75) is 46.9 Å². The highest BCUT2D eigenvalue weighted by Crippen LogP contribution is 2.35. The van der Waals surface area contributed by atoms with Crippen molar-refractivity contribution < 1.29 is 37.0 Å². The molecule has 3 aromatic carbocycles. The first-order valence-electron chi connectivity index (χ1n) is 12.8. The van der Waals surface area contributed by atoms with Gasteiger partial charge in [0.15, 0.2) is 0 Å². The number of amides is 1. The van der Waals surface area contributed by atoms with E-state index in [1.807, 2.05) is 27.7 Å². The lowest BCUT2D eigenvalue weighted by Gasteiger charge is -2.17. The Bertz CT molecular complexity index is 1490. The van der Waals surface area contributed by atoms with Crippen LogP contribution in [0.25, 0.3) is 0 Å². The van der Waals surface area contributed by atoms with Crippen LogP contribution in [-0.4, -0.2) is 35.9 Å². The van der Waals surface area contributed by atoms with Gasteiger partial charge in [0.05, 0.1) is 40.2 Å². The molecule has 3 aromatic rings. The number of alkyl halides is 3. The fourth-order valence-corrected chi connectivity index (χ4v) is 3.68. The van der Waals surface area contributed by atoms with Gasteiger partial charge in [-0.1, -0.05) is 57.2 Å². The topological polar surface area (TPSA) is 99.5 Å². The van der Waals surface area contributed by atoms with Gasteiger partial charge in [-0.3, -0.25) is 10.2 Å². The first-order valence-corrected chi connectivity index (χ1v) is 13.2. The summed E-state index contributed by atoms with van der Waals surface area (Å²) >= 11 is 5.94. The maximum absolute atomic E-state index is 14.8. The Kier molecular flexibility index (Phi) is 13.9. The van der Waals surface area contributed by atoms with E-state index in [9.17, 15) is 32.3 Å². The highest BCUT2D eigenvalue weighted by atomic mass is 35.5. The second-order valence-corrected chi connectivity index (χ2v) is 8.29. The van der Waals surface area contributed by atoms with Crippen LogP contribution >= 0.6 is 11.6 Å². The summed E-state index contributed by atoms with van der Waals surface area (Å²) in [5.74, 6) is 2.16. The second kappa shape index (κ2) is 16.3. The zero-order chi connectivity index (χ0) is 32.2. The Hall–Kier alpha value is -4.20. The summed E-state index contributed by atoms with van der Waals surface area (Å²) < 4.78 is 60.1. The van der Waals surface area contributed by atoms with Crippen molar-refractivity contribution in [1.29, 1.82) is 5.41 Å². The van der Waals surface area contributed by atoms with Crippen molar-refractivity contribution in [3.8, 4) is 11.8 Å². The van der Waals surface area contributed by atoms with E-state index in [0.29, 0.717) is 6.07 Å². The lowest BCUT2D eigenvalue weighted by molar-refractivity contribution is -0.137. The number of hydrogen-bond acceptors (Lipinski definition) is 5. The van der Waals surface area contributed by atoms with Crippen LogP contribution in [0, 0.1) is 23.1 Å². The van der Waals surface area contributed by atoms with Crippen molar-refractivity contribution in [3.05, 3.63) is 98.8 Å². The molecule has 1 unspecified atom stereocenters. The monoisotopic (exact) mass is 606 g/mol. The third kappa shape index (κ3) is 9.16. The lowest BCUT2D eigenvalue weighted by Crippen LogP contribution is -2.21.